The zero-order valence-electron chi connectivity index (χ0n) is 15.3. The second-order valence-electron chi connectivity index (χ2n) is 6.56. The molecule has 5 nitrogen and oxygen atoms in total. The standard InChI is InChI=1S/C21H20N4OS/c1-14-3-8-18-19(13-14)27-21(24-18)16-4-6-17(7-5-16)23-20(26)10-12-25-15(2)9-11-22-25/h3-9,11,13H,10,12H2,1-2H3,(H,23,26). The molecule has 6 heteroatoms. The summed E-state index contributed by atoms with van der Waals surface area (Å²) in [5.74, 6) is -0.0203. The summed E-state index contributed by atoms with van der Waals surface area (Å²) in [6.07, 6.45) is 2.14. The zero-order valence-corrected chi connectivity index (χ0v) is 16.1. The van der Waals surface area contributed by atoms with Gasteiger partial charge in [0.1, 0.15) is 5.01 Å². The number of aromatic nitrogens is 3. The number of hydrogen-bond acceptors (Lipinski definition) is 4. The van der Waals surface area contributed by atoms with Crippen molar-refractivity contribution in [3.8, 4) is 10.6 Å². The van der Waals surface area contributed by atoms with E-state index in [4.69, 9.17) is 4.98 Å². The van der Waals surface area contributed by atoms with Crippen LogP contribution in [0.4, 0.5) is 5.69 Å². The average molecular weight is 376 g/mol. The second-order valence-corrected chi connectivity index (χ2v) is 7.59. The quantitative estimate of drug-likeness (QED) is 0.544. The van der Waals surface area contributed by atoms with Gasteiger partial charge in [0, 0.05) is 36.1 Å². The molecule has 136 valence electrons. The summed E-state index contributed by atoms with van der Waals surface area (Å²) in [4.78, 5) is 16.9. The average Bonchev–Trinajstić information content (AvgIpc) is 3.26. The summed E-state index contributed by atoms with van der Waals surface area (Å²) in [5.41, 5.74) is 5.16. The molecule has 2 aromatic heterocycles. The van der Waals surface area contributed by atoms with Crippen LogP contribution in [-0.4, -0.2) is 20.7 Å². The molecule has 0 radical (unpaired) electrons. The first-order chi connectivity index (χ1) is 13.1. The van der Waals surface area contributed by atoms with E-state index < -0.39 is 0 Å². The number of benzene rings is 2. The predicted octanol–water partition coefficient (Wildman–Crippen LogP) is 4.81. The fourth-order valence-electron chi connectivity index (χ4n) is 2.92. The van der Waals surface area contributed by atoms with Gasteiger partial charge in [0.15, 0.2) is 0 Å². The van der Waals surface area contributed by atoms with Crippen LogP contribution in [0, 0.1) is 13.8 Å². The molecule has 0 bridgehead atoms. The van der Waals surface area contributed by atoms with Gasteiger partial charge in [-0.05, 0) is 61.9 Å². The Balaban J connectivity index is 1.42. The lowest BCUT2D eigenvalue weighted by Crippen LogP contribution is -2.15. The summed E-state index contributed by atoms with van der Waals surface area (Å²) in [6, 6.07) is 16.1. The van der Waals surface area contributed by atoms with Crippen LogP contribution in [0.15, 0.2) is 54.7 Å². The van der Waals surface area contributed by atoms with Crippen LogP contribution in [0.1, 0.15) is 17.7 Å². The van der Waals surface area contributed by atoms with E-state index in [1.807, 2.05) is 41.9 Å². The fourth-order valence-corrected chi connectivity index (χ4v) is 3.98. The molecule has 0 aliphatic carbocycles. The number of rotatable bonds is 5. The Labute approximate surface area is 161 Å². The second kappa shape index (κ2) is 7.32. The lowest BCUT2D eigenvalue weighted by atomic mass is 10.2. The van der Waals surface area contributed by atoms with Crippen molar-refractivity contribution in [3.63, 3.8) is 0 Å². The molecular formula is C21H20N4OS. The van der Waals surface area contributed by atoms with Crippen LogP contribution in [0.25, 0.3) is 20.8 Å². The topological polar surface area (TPSA) is 59.8 Å². The van der Waals surface area contributed by atoms with Crippen molar-refractivity contribution in [1.29, 1.82) is 0 Å². The minimum atomic E-state index is -0.0203. The van der Waals surface area contributed by atoms with Crippen LogP contribution in [0.5, 0.6) is 0 Å². The maximum atomic E-state index is 12.2. The Hall–Kier alpha value is -2.99. The van der Waals surface area contributed by atoms with Gasteiger partial charge in [-0.15, -0.1) is 11.3 Å². The maximum Gasteiger partial charge on any atom is 0.226 e. The Morgan fingerprint density at radius 3 is 2.67 bits per heavy atom. The highest BCUT2D eigenvalue weighted by Gasteiger charge is 2.08. The number of nitrogens with zero attached hydrogens (tertiary/aromatic N) is 3. The van der Waals surface area contributed by atoms with Crippen molar-refractivity contribution in [2.75, 3.05) is 5.32 Å². The number of nitrogens with one attached hydrogen (secondary N) is 1. The van der Waals surface area contributed by atoms with Crippen LogP contribution in [-0.2, 0) is 11.3 Å². The van der Waals surface area contributed by atoms with Crippen LogP contribution < -0.4 is 5.32 Å². The molecule has 0 fully saturated rings. The molecule has 0 atom stereocenters. The van der Waals surface area contributed by atoms with E-state index in [0.717, 1.165) is 27.5 Å². The molecule has 2 aromatic carbocycles. The van der Waals surface area contributed by atoms with Gasteiger partial charge >= 0.3 is 0 Å². The van der Waals surface area contributed by atoms with Gasteiger partial charge in [0.05, 0.1) is 10.2 Å². The smallest absolute Gasteiger partial charge is 0.226 e. The third kappa shape index (κ3) is 3.90. The van der Waals surface area contributed by atoms with Gasteiger partial charge in [-0.1, -0.05) is 6.07 Å². The van der Waals surface area contributed by atoms with E-state index in [-0.39, 0.29) is 5.91 Å². The normalized spacial score (nSPS) is 11.0. The van der Waals surface area contributed by atoms with Crippen molar-refractivity contribution < 1.29 is 4.79 Å². The molecule has 27 heavy (non-hydrogen) atoms. The molecule has 0 aliphatic heterocycles. The summed E-state index contributed by atoms with van der Waals surface area (Å²) >= 11 is 1.68. The molecule has 0 saturated carbocycles. The number of aryl methyl sites for hydroxylation is 3. The zero-order chi connectivity index (χ0) is 18.8. The first-order valence-corrected chi connectivity index (χ1v) is 9.66. The van der Waals surface area contributed by atoms with Crippen LogP contribution in [0.3, 0.4) is 0 Å². The molecule has 1 N–H and O–H groups in total. The molecule has 4 aromatic rings. The Kier molecular flexibility index (Phi) is 4.73. The SMILES string of the molecule is Cc1ccc2nc(-c3ccc(NC(=O)CCn4nccc4C)cc3)sc2c1. The largest absolute Gasteiger partial charge is 0.326 e. The Bertz CT molecular complexity index is 1100. The highest BCUT2D eigenvalue weighted by atomic mass is 32.1. The van der Waals surface area contributed by atoms with Gasteiger partial charge < -0.3 is 5.32 Å². The minimum Gasteiger partial charge on any atom is -0.326 e. The number of thiazole rings is 1. The molecule has 0 aliphatic rings. The number of anilines is 1. The highest BCUT2D eigenvalue weighted by molar-refractivity contribution is 7.21. The Morgan fingerprint density at radius 2 is 1.93 bits per heavy atom. The summed E-state index contributed by atoms with van der Waals surface area (Å²) in [6.45, 7) is 4.64. The first-order valence-electron chi connectivity index (χ1n) is 8.84. The van der Waals surface area contributed by atoms with Crippen molar-refractivity contribution in [3.05, 3.63) is 66.0 Å². The first kappa shape index (κ1) is 17.4. The van der Waals surface area contributed by atoms with E-state index in [2.05, 4.69) is 35.5 Å². The summed E-state index contributed by atoms with van der Waals surface area (Å²) < 4.78 is 3.02. The number of carbonyl (C=O) groups is 1. The third-order valence-corrected chi connectivity index (χ3v) is 5.51. The number of carbonyl (C=O) groups excluding carboxylic acids is 1. The molecule has 4 rings (SSSR count). The lowest BCUT2D eigenvalue weighted by Gasteiger charge is -2.07. The molecule has 0 unspecified atom stereocenters. The highest BCUT2D eigenvalue weighted by Crippen LogP contribution is 2.31. The van der Waals surface area contributed by atoms with E-state index in [1.165, 1.54) is 10.3 Å². The van der Waals surface area contributed by atoms with E-state index in [0.29, 0.717) is 13.0 Å². The van der Waals surface area contributed by atoms with Gasteiger partial charge in [-0.3, -0.25) is 9.48 Å². The van der Waals surface area contributed by atoms with Crippen molar-refractivity contribution in [2.24, 2.45) is 0 Å². The van der Waals surface area contributed by atoms with E-state index in [9.17, 15) is 4.79 Å². The van der Waals surface area contributed by atoms with Gasteiger partial charge in [-0.25, -0.2) is 4.98 Å². The van der Waals surface area contributed by atoms with Crippen molar-refractivity contribution in [1.82, 2.24) is 14.8 Å². The number of fused-ring (bicyclic) bond motifs is 1. The number of amides is 1. The predicted molar refractivity (Wildman–Crippen MR) is 110 cm³/mol. The lowest BCUT2D eigenvalue weighted by molar-refractivity contribution is -0.116. The van der Waals surface area contributed by atoms with E-state index in [1.54, 1.807) is 17.5 Å². The van der Waals surface area contributed by atoms with Crippen molar-refractivity contribution in [2.45, 2.75) is 26.8 Å². The summed E-state index contributed by atoms with van der Waals surface area (Å²) in [5, 5.41) is 8.12. The minimum absolute atomic E-state index is 0.0203. The third-order valence-electron chi connectivity index (χ3n) is 4.44. The van der Waals surface area contributed by atoms with E-state index >= 15 is 0 Å². The molecule has 0 saturated heterocycles. The monoisotopic (exact) mass is 376 g/mol. The summed E-state index contributed by atoms with van der Waals surface area (Å²) in [7, 11) is 0. The van der Waals surface area contributed by atoms with Gasteiger partial charge in [-0.2, -0.15) is 5.10 Å². The Morgan fingerprint density at radius 1 is 1.11 bits per heavy atom. The van der Waals surface area contributed by atoms with Crippen LogP contribution in [0.2, 0.25) is 0 Å². The molecule has 1 amide bonds. The van der Waals surface area contributed by atoms with Gasteiger partial charge in [0.2, 0.25) is 5.91 Å². The van der Waals surface area contributed by atoms with Gasteiger partial charge in [0.25, 0.3) is 0 Å². The fraction of sp³-hybridized carbons (Fsp3) is 0.190. The van der Waals surface area contributed by atoms with Crippen LogP contribution >= 0.6 is 11.3 Å². The number of hydrogen-bond donors (Lipinski definition) is 1. The molecule has 2 heterocycles. The maximum absolute atomic E-state index is 12.2. The molecule has 0 spiro atoms. The molecular weight excluding hydrogens is 356 g/mol. The van der Waals surface area contributed by atoms with Crippen molar-refractivity contribution >= 4 is 33.1 Å².